The normalized spacial score (nSPS) is 34.6. The summed E-state index contributed by atoms with van der Waals surface area (Å²) in [6.45, 7) is 5.94. The van der Waals surface area contributed by atoms with Gasteiger partial charge >= 0.3 is 0 Å². The molecule has 1 aliphatic rings. The molecule has 0 unspecified atom stereocenters. The molecule has 0 radical (unpaired) electrons. The van der Waals surface area contributed by atoms with Crippen LogP contribution in [0.1, 0.15) is 20.8 Å². The van der Waals surface area contributed by atoms with E-state index in [0.717, 1.165) is 0 Å². The van der Waals surface area contributed by atoms with Gasteiger partial charge in [-0.05, 0) is 20.8 Å². The summed E-state index contributed by atoms with van der Waals surface area (Å²) in [5, 5.41) is 10.5. The molecule has 0 aromatic heterocycles. The van der Waals surface area contributed by atoms with Gasteiger partial charge in [0.15, 0.2) is 0 Å². The number of β-amino-alcohol motifs (C(OH)–C–C–N with tert-alkyl or cyclic N) is 1. The number of nitrogens with zero attached hydrogens (tertiary/aromatic N) is 1. The van der Waals surface area contributed by atoms with E-state index in [1.165, 1.54) is 5.06 Å². The first kappa shape index (κ1) is 8.90. The van der Waals surface area contributed by atoms with Crippen LogP contribution in [-0.2, 0) is 4.84 Å². The van der Waals surface area contributed by atoms with Crippen LogP contribution in [0.25, 0.3) is 0 Å². The number of halogens is 1. The van der Waals surface area contributed by atoms with E-state index in [4.69, 9.17) is 9.94 Å². The Morgan fingerprint density at radius 1 is 1.55 bits per heavy atom. The highest BCUT2D eigenvalue weighted by atomic mass is 19.1. The second kappa shape index (κ2) is 2.69. The number of rotatable bonds is 0. The van der Waals surface area contributed by atoms with Crippen molar-refractivity contribution in [2.45, 2.75) is 38.8 Å². The van der Waals surface area contributed by atoms with Crippen LogP contribution in [0.15, 0.2) is 0 Å². The van der Waals surface area contributed by atoms with Gasteiger partial charge in [-0.3, -0.25) is 4.84 Å². The number of aliphatic hydroxyl groups is 1. The Kier molecular flexibility index (Phi) is 2.18. The van der Waals surface area contributed by atoms with Crippen molar-refractivity contribution in [2.24, 2.45) is 0 Å². The third-order valence-electron chi connectivity index (χ3n) is 1.63. The predicted octanol–water partition coefficient (Wildman–Crippen LogP) is 0.689. The highest BCUT2D eigenvalue weighted by Gasteiger charge is 2.38. The standard InChI is InChI=1S/C7H14FNO2/c1-7(2,3)9-4-5(10)6(8)11-9/h5-6,10H,4H2,1-3H3/t5-,6-/m0/s1. The molecule has 66 valence electrons. The maximum atomic E-state index is 12.6. The molecular weight excluding hydrogens is 149 g/mol. The summed E-state index contributed by atoms with van der Waals surface area (Å²) in [6, 6.07) is 0. The molecule has 0 amide bonds. The van der Waals surface area contributed by atoms with Crippen molar-refractivity contribution in [1.29, 1.82) is 0 Å². The van der Waals surface area contributed by atoms with Crippen LogP contribution in [-0.4, -0.2) is 34.7 Å². The van der Waals surface area contributed by atoms with Crippen molar-refractivity contribution in [1.82, 2.24) is 5.06 Å². The van der Waals surface area contributed by atoms with Crippen LogP contribution in [0, 0.1) is 0 Å². The summed E-state index contributed by atoms with van der Waals surface area (Å²) in [6.07, 6.45) is -2.57. The number of aliphatic hydroxyl groups excluding tert-OH is 1. The van der Waals surface area contributed by atoms with Crippen molar-refractivity contribution in [3.05, 3.63) is 0 Å². The number of hydroxylamine groups is 2. The Balaban J connectivity index is 2.54. The summed E-state index contributed by atoms with van der Waals surface area (Å²) < 4.78 is 12.6. The average molecular weight is 163 g/mol. The van der Waals surface area contributed by atoms with Crippen molar-refractivity contribution in [3.63, 3.8) is 0 Å². The van der Waals surface area contributed by atoms with Gasteiger partial charge in [0.05, 0.1) is 6.54 Å². The zero-order valence-electron chi connectivity index (χ0n) is 7.04. The van der Waals surface area contributed by atoms with E-state index in [1.54, 1.807) is 0 Å². The first-order valence-electron chi connectivity index (χ1n) is 3.68. The highest BCUT2D eigenvalue weighted by molar-refractivity contribution is 4.78. The molecule has 1 saturated heterocycles. The number of alkyl halides is 1. The molecule has 2 atom stereocenters. The predicted molar refractivity (Wildman–Crippen MR) is 38.4 cm³/mol. The van der Waals surface area contributed by atoms with Crippen LogP contribution in [0.2, 0.25) is 0 Å². The van der Waals surface area contributed by atoms with E-state index in [9.17, 15) is 4.39 Å². The zero-order chi connectivity index (χ0) is 8.65. The summed E-state index contributed by atoms with van der Waals surface area (Å²) in [5.74, 6) is 0. The van der Waals surface area contributed by atoms with Crippen LogP contribution in [0.3, 0.4) is 0 Å². The van der Waals surface area contributed by atoms with Gasteiger partial charge in [-0.25, -0.2) is 4.39 Å². The summed E-state index contributed by atoms with van der Waals surface area (Å²) in [7, 11) is 0. The monoisotopic (exact) mass is 163 g/mol. The van der Waals surface area contributed by atoms with Crippen LogP contribution in [0.5, 0.6) is 0 Å². The molecule has 1 aliphatic heterocycles. The molecule has 4 heteroatoms. The minimum atomic E-state index is -1.56. The Bertz CT molecular complexity index is 136. The first-order chi connectivity index (χ1) is 4.91. The molecule has 0 spiro atoms. The third-order valence-corrected chi connectivity index (χ3v) is 1.63. The van der Waals surface area contributed by atoms with Gasteiger partial charge in [-0.2, -0.15) is 5.06 Å². The van der Waals surface area contributed by atoms with Gasteiger partial charge in [0.1, 0.15) is 6.10 Å². The Hall–Kier alpha value is -0.190. The van der Waals surface area contributed by atoms with Gasteiger partial charge in [0.25, 0.3) is 0 Å². The summed E-state index contributed by atoms with van der Waals surface area (Å²) >= 11 is 0. The van der Waals surface area contributed by atoms with E-state index < -0.39 is 12.5 Å². The van der Waals surface area contributed by atoms with E-state index in [-0.39, 0.29) is 12.1 Å². The molecule has 1 fully saturated rings. The van der Waals surface area contributed by atoms with Crippen molar-refractivity contribution in [3.8, 4) is 0 Å². The molecule has 0 saturated carbocycles. The van der Waals surface area contributed by atoms with Gasteiger partial charge in [0, 0.05) is 5.54 Å². The van der Waals surface area contributed by atoms with Crippen LogP contribution >= 0.6 is 0 Å². The summed E-state index contributed by atoms with van der Waals surface area (Å²) in [5.41, 5.74) is -0.248. The second-order valence-corrected chi connectivity index (χ2v) is 3.76. The van der Waals surface area contributed by atoms with Gasteiger partial charge in [-0.1, -0.05) is 0 Å². The maximum Gasteiger partial charge on any atom is 0.244 e. The van der Waals surface area contributed by atoms with Gasteiger partial charge in [0.2, 0.25) is 6.36 Å². The lowest BCUT2D eigenvalue weighted by Gasteiger charge is -2.28. The van der Waals surface area contributed by atoms with E-state index >= 15 is 0 Å². The fourth-order valence-corrected chi connectivity index (χ4v) is 0.920. The van der Waals surface area contributed by atoms with Crippen LogP contribution < -0.4 is 0 Å². The SMILES string of the molecule is CC(C)(C)N1C[C@H](O)[C@@H](F)O1. The molecule has 0 bridgehead atoms. The van der Waals surface area contributed by atoms with Crippen LogP contribution in [0.4, 0.5) is 4.39 Å². The maximum absolute atomic E-state index is 12.6. The molecular formula is C7H14FNO2. The summed E-state index contributed by atoms with van der Waals surface area (Å²) in [4.78, 5) is 4.75. The van der Waals surface area contributed by atoms with E-state index in [0.29, 0.717) is 0 Å². The molecule has 3 nitrogen and oxygen atoms in total. The fourth-order valence-electron chi connectivity index (χ4n) is 0.920. The largest absolute Gasteiger partial charge is 0.386 e. The van der Waals surface area contributed by atoms with Gasteiger partial charge in [-0.15, -0.1) is 0 Å². The van der Waals surface area contributed by atoms with Crippen molar-refractivity contribution >= 4 is 0 Å². The fraction of sp³-hybridized carbons (Fsp3) is 1.00. The third kappa shape index (κ3) is 1.89. The minimum absolute atomic E-state index is 0.241. The smallest absolute Gasteiger partial charge is 0.244 e. The molecule has 1 rings (SSSR count). The lowest BCUT2D eigenvalue weighted by atomic mass is 10.1. The topological polar surface area (TPSA) is 32.7 Å². The molecule has 0 aliphatic carbocycles. The molecule has 1 heterocycles. The van der Waals surface area contributed by atoms with Gasteiger partial charge < -0.3 is 5.11 Å². The van der Waals surface area contributed by atoms with E-state index in [2.05, 4.69) is 0 Å². The average Bonchev–Trinajstić information content (AvgIpc) is 2.11. The molecule has 1 N–H and O–H groups in total. The highest BCUT2D eigenvalue weighted by Crippen LogP contribution is 2.23. The lowest BCUT2D eigenvalue weighted by Crippen LogP contribution is -2.39. The number of hydrogen-bond donors (Lipinski definition) is 1. The zero-order valence-corrected chi connectivity index (χ0v) is 7.04. The Morgan fingerprint density at radius 2 is 2.09 bits per heavy atom. The van der Waals surface area contributed by atoms with Crippen molar-refractivity contribution in [2.75, 3.05) is 6.54 Å². The Labute approximate surface area is 65.7 Å². The minimum Gasteiger partial charge on any atom is -0.386 e. The molecule has 11 heavy (non-hydrogen) atoms. The lowest BCUT2D eigenvalue weighted by molar-refractivity contribution is -0.228. The Morgan fingerprint density at radius 3 is 2.27 bits per heavy atom. The quantitative estimate of drug-likeness (QED) is 0.570. The van der Waals surface area contributed by atoms with E-state index in [1.807, 2.05) is 20.8 Å². The van der Waals surface area contributed by atoms with Crippen molar-refractivity contribution < 1.29 is 14.3 Å². The molecule has 0 aromatic carbocycles. The molecule has 0 aromatic rings. The second-order valence-electron chi connectivity index (χ2n) is 3.76. The first-order valence-corrected chi connectivity index (χ1v) is 3.68. The number of hydrogen-bond acceptors (Lipinski definition) is 3.